The van der Waals surface area contributed by atoms with Gasteiger partial charge in [-0.3, -0.25) is 14.5 Å². The Morgan fingerprint density at radius 1 is 0.727 bits per heavy atom. The number of unbranched alkanes of at least 4 members (excludes halogenated alkanes) is 3. The van der Waals surface area contributed by atoms with Gasteiger partial charge < -0.3 is 0 Å². The lowest BCUT2D eigenvalue weighted by molar-refractivity contribution is -0.140. The van der Waals surface area contributed by atoms with Crippen LogP contribution in [0, 0.1) is 11.6 Å². The van der Waals surface area contributed by atoms with Crippen LogP contribution >= 0.6 is 0 Å². The second-order valence-electron chi connectivity index (χ2n) is 7.15. The zero-order chi connectivity index (χ0) is 25.0. The Morgan fingerprint density at radius 3 is 1.52 bits per heavy atom. The minimum Gasteiger partial charge on any atom is -0.274 e. The average Bonchev–Trinajstić information content (AvgIpc) is 2.71. The Bertz CT molecular complexity index is 939. The summed E-state index contributed by atoms with van der Waals surface area (Å²) in [7, 11) is 0. The Morgan fingerprint density at radius 2 is 1.15 bits per heavy atom. The first kappa shape index (κ1) is 26.3. The van der Waals surface area contributed by atoms with Crippen LogP contribution < -0.4 is 0 Å². The molecule has 0 fully saturated rings. The van der Waals surface area contributed by atoms with E-state index in [1.54, 1.807) is 0 Å². The number of carbonyl (C=O) groups excluding carboxylic acids is 2. The summed E-state index contributed by atoms with van der Waals surface area (Å²) in [6.45, 7) is 1.40. The third kappa shape index (κ3) is 6.08. The first-order chi connectivity index (χ1) is 15.3. The number of nitrogens with zero attached hydrogens (tertiary/aromatic N) is 1. The molecule has 11 heteroatoms. The van der Waals surface area contributed by atoms with Gasteiger partial charge in [-0.15, -0.1) is 0 Å². The van der Waals surface area contributed by atoms with E-state index in [9.17, 15) is 44.7 Å². The standard InChI is InChI=1S/C22H19F8NO2/c1-2-3-4-5-12-31(19(32)13-8-6-10-15(17(13)23)21(25,26)27)20(33)14-9-7-11-16(18(14)24)22(28,29)30/h6-11H,2-5,12H2,1H3. The van der Waals surface area contributed by atoms with Gasteiger partial charge in [0.25, 0.3) is 11.8 Å². The number of benzene rings is 2. The van der Waals surface area contributed by atoms with E-state index in [-0.39, 0.29) is 11.3 Å². The van der Waals surface area contributed by atoms with Crippen LogP contribution in [0.3, 0.4) is 0 Å². The van der Waals surface area contributed by atoms with E-state index in [0.29, 0.717) is 37.1 Å². The predicted molar refractivity (Wildman–Crippen MR) is 102 cm³/mol. The Balaban J connectivity index is 2.52. The number of rotatable bonds is 7. The van der Waals surface area contributed by atoms with Crippen LogP contribution in [0.25, 0.3) is 0 Å². The van der Waals surface area contributed by atoms with Gasteiger partial charge in [0.05, 0.1) is 22.3 Å². The van der Waals surface area contributed by atoms with E-state index in [2.05, 4.69) is 0 Å². The van der Waals surface area contributed by atoms with E-state index in [0.717, 1.165) is 18.6 Å². The summed E-state index contributed by atoms with van der Waals surface area (Å²) < 4.78 is 107. The van der Waals surface area contributed by atoms with Crippen LogP contribution in [0.15, 0.2) is 36.4 Å². The number of alkyl halides is 6. The van der Waals surface area contributed by atoms with Crippen molar-refractivity contribution in [2.45, 2.75) is 45.0 Å². The zero-order valence-corrected chi connectivity index (χ0v) is 17.3. The fourth-order valence-corrected chi connectivity index (χ4v) is 3.11. The minimum absolute atomic E-state index is 0.131. The number of hydrogen-bond donors (Lipinski definition) is 0. The van der Waals surface area contributed by atoms with Gasteiger partial charge in [-0.05, 0) is 30.7 Å². The van der Waals surface area contributed by atoms with Gasteiger partial charge in [-0.1, -0.05) is 38.3 Å². The first-order valence-corrected chi connectivity index (χ1v) is 9.88. The molecule has 0 aliphatic heterocycles. The molecular weight excluding hydrogens is 462 g/mol. The molecule has 2 amide bonds. The van der Waals surface area contributed by atoms with Crippen molar-refractivity contribution in [1.29, 1.82) is 0 Å². The summed E-state index contributed by atoms with van der Waals surface area (Å²) in [6.07, 6.45) is -8.28. The van der Waals surface area contributed by atoms with Gasteiger partial charge in [-0.25, -0.2) is 8.78 Å². The highest BCUT2D eigenvalue weighted by atomic mass is 19.4. The topological polar surface area (TPSA) is 37.4 Å². The quantitative estimate of drug-likeness (QED) is 0.246. The largest absolute Gasteiger partial charge is 0.419 e. The molecular formula is C22H19F8NO2. The van der Waals surface area contributed by atoms with Gasteiger partial charge >= 0.3 is 12.4 Å². The lowest BCUT2D eigenvalue weighted by Gasteiger charge is -2.23. The molecule has 0 radical (unpaired) electrons. The van der Waals surface area contributed by atoms with Gasteiger partial charge in [0.2, 0.25) is 0 Å². The van der Waals surface area contributed by atoms with Crippen LogP contribution in [0.4, 0.5) is 35.1 Å². The molecule has 0 aliphatic rings. The van der Waals surface area contributed by atoms with E-state index >= 15 is 0 Å². The molecule has 0 aromatic heterocycles. The lowest BCUT2D eigenvalue weighted by atomic mass is 10.0. The van der Waals surface area contributed by atoms with E-state index < -0.39 is 64.6 Å². The summed E-state index contributed by atoms with van der Waals surface area (Å²) in [5, 5.41) is 0. The normalized spacial score (nSPS) is 12.0. The van der Waals surface area contributed by atoms with Crippen molar-refractivity contribution in [3.8, 4) is 0 Å². The first-order valence-electron chi connectivity index (χ1n) is 9.88. The molecule has 0 spiro atoms. The zero-order valence-electron chi connectivity index (χ0n) is 17.3. The maximum Gasteiger partial charge on any atom is 0.419 e. The van der Waals surface area contributed by atoms with Gasteiger partial charge in [0.1, 0.15) is 11.6 Å². The maximum atomic E-state index is 14.5. The third-order valence-electron chi connectivity index (χ3n) is 4.79. The fourth-order valence-electron chi connectivity index (χ4n) is 3.11. The third-order valence-corrected chi connectivity index (χ3v) is 4.79. The van der Waals surface area contributed by atoms with Crippen LogP contribution in [0.5, 0.6) is 0 Å². The highest BCUT2D eigenvalue weighted by Crippen LogP contribution is 2.34. The van der Waals surface area contributed by atoms with E-state index in [1.165, 1.54) is 0 Å². The number of halogens is 8. The van der Waals surface area contributed by atoms with E-state index in [1.807, 2.05) is 6.92 Å². The number of imide groups is 1. The van der Waals surface area contributed by atoms with E-state index in [4.69, 9.17) is 0 Å². The lowest BCUT2D eigenvalue weighted by Crippen LogP contribution is -2.39. The van der Waals surface area contributed by atoms with Crippen molar-refractivity contribution >= 4 is 11.8 Å². The predicted octanol–water partition coefficient (Wildman–Crippen LogP) is 6.87. The average molecular weight is 481 g/mol. The molecule has 2 rings (SSSR count). The van der Waals surface area contributed by atoms with Gasteiger partial charge in [0, 0.05) is 6.54 Å². The minimum atomic E-state index is -5.14. The number of carbonyl (C=O) groups is 2. The highest BCUT2D eigenvalue weighted by molar-refractivity contribution is 6.10. The van der Waals surface area contributed by atoms with Crippen molar-refractivity contribution in [3.63, 3.8) is 0 Å². The molecule has 2 aromatic rings. The molecule has 0 bridgehead atoms. The summed E-state index contributed by atoms with van der Waals surface area (Å²) in [5.74, 6) is -6.91. The number of amides is 2. The smallest absolute Gasteiger partial charge is 0.274 e. The molecule has 0 heterocycles. The second kappa shape index (κ2) is 10.3. The van der Waals surface area contributed by atoms with Crippen LogP contribution in [0.2, 0.25) is 0 Å². The van der Waals surface area contributed by atoms with Crippen LogP contribution in [-0.2, 0) is 12.4 Å². The van der Waals surface area contributed by atoms with Gasteiger partial charge in [-0.2, -0.15) is 26.3 Å². The summed E-state index contributed by atoms with van der Waals surface area (Å²) in [5.41, 5.74) is -5.73. The molecule has 180 valence electrons. The summed E-state index contributed by atoms with van der Waals surface area (Å²) in [4.78, 5) is 26.0. The maximum absolute atomic E-state index is 14.5. The molecule has 0 aliphatic carbocycles. The van der Waals surface area contributed by atoms with Crippen molar-refractivity contribution in [1.82, 2.24) is 4.90 Å². The van der Waals surface area contributed by atoms with Crippen LogP contribution in [0.1, 0.15) is 64.4 Å². The molecule has 0 unspecified atom stereocenters. The van der Waals surface area contributed by atoms with Gasteiger partial charge in [0.15, 0.2) is 0 Å². The molecule has 33 heavy (non-hydrogen) atoms. The fraction of sp³-hybridized carbons (Fsp3) is 0.364. The summed E-state index contributed by atoms with van der Waals surface area (Å²) >= 11 is 0. The highest BCUT2D eigenvalue weighted by Gasteiger charge is 2.39. The molecule has 2 aromatic carbocycles. The van der Waals surface area contributed by atoms with Crippen molar-refractivity contribution < 1.29 is 44.7 Å². The molecule has 0 saturated carbocycles. The number of hydrogen-bond acceptors (Lipinski definition) is 2. The summed E-state index contributed by atoms with van der Waals surface area (Å²) in [6, 6.07) is 3.72. The second-order valence-corrected chi connectivity index (χ2v) is 7.15. The molecule has 0 N–H and O–H groups in total. The molecule has 3 nitrogen and oxygen atoms in total. The molecule has 0 saturated heterocycles. The van der Waals surface area contributed by atoms with Crippen molar-refractivity contribution in [2.75, 3.05) is 6.54 Å². The van der Waals surface area contributed by atoms with Crippen LogP contribution in [-0.4, -0.2) is 23.3 Å². The monoisotopic (exact) mass is 481 g/mol. The Hall–Kier alpha value is -2.98. The van der Waals surface area contributed by atoms with Crippen molar-refractivity contribution in [3.05, 3.63) is 70.3 Å². The Kier molecular flexibility index (Phi) is 8.20. The molecule has 0 atom stereocenters. The van der Waals surface area contributed by atoms with Crippen molar-refractivity contribution in [2.24, 2.45) is 0 Å². The SMILES string of the molecule is CCCCCCN(C(=O)c1cccc(C(F)(F)F)c1F)C(=O)c1cccc(C(F)(F)F)c1F. The Labute approximate surface area is 184 Å².